The molecule has 1 aromatic carbocycles. The standard InChI is InChI=1S/C24H39N3O4S2/c1-4-5-6-8-11-18(2)25-23(28)17-19-14-15-22(31-3)21(16-19)24(32)27(26-33(29)30)20-12-9-7-10-13-20/h14-16,18,20,26H,4-13,17H2,1-3H3,(H,25,28)(H,29,30)/p-1. The maximum Gasteiger partial charge on any atom is 0.224 e. The van der Waals surface area contributed by atoms with E-state index in [2.05, 4.69) is 17.1 Å². The Morgan fingerprint density at radius 3 is 2.64 bits per heavy atom. The van der Waals surface area contributed by atoms with Gasteiger partial charge in [0, 0.05) is 23.4 Å². The van der Waals surface area contributed by atoms with Crippen LogP contribution in [0.2, 0.25) is 0 Å². The van der Waals surface area contributed by atoms with Gasteiger partial charge in [-0.25, -0.2) is 0 Å². The number of methoxy groups -OCH3 is 1. The summed E-state index contributed by atoms with van der Waals surface area (Å²) in [7, 11) is 1.55. The molecule has 33 heavy (non-hydrogen) atoms. The molecule has 1 amide bonds. The molecule has 1 aliphatic carbocycles. The van der Waals surface area contributed by atoms with Crippen molar-refractivity contribution in [3.63, 3.8) is 0 Å². The van der Waals surface area contributed by atoms with Crippen molar-refractivity contribution in [2.75, 3.05) is 7.11 Å². The second kappa shape index (κ2) is 14.7. The SMILES string of the molecule is CCCCCCC(C)NC(=O)Cc1ccc(OC)c(C(=S)N(NS(=O)[O-])C2CCCCC2)c1. The Labute approximate surface area is 206 Å². The second-order valence-electron chi connectivity index (χ2n) is 8.82. The molecule has 1 aromatic rings. The van der Waals surface area contributed by atoms with E-state index in [-0.39, 0.29) is 24.4 Å². The lowest BCUT2D eigenvalue weighted by atomic mass is 9.94. The van der Waals surface area contributed by atoms with Gasteiger partial charge in [-0.3, -0.25) is 14.0 Å². The van der Waals surface area contributed by atoms with E-state index in [1.54, 1.807) is 18.2 Å². The molecule has 2 unspecified atom stereocenters. The van der Waals surface area contributed by atoms with Crippen LogP contribution in [0.15, 0.2) is 18.2 Å². The van der Waals surface area contributed by atoms with E-state index in [9.17, 15) is 13.6 Å². The Kier molecular flexibility index (Phi) is 12.3. The fraction of sp³-hybridized carbons (Fsp3) is 0.667. The van der Waals surface area contributed by atoms with E-state index in [1.807, 2.05) is 19.1 Å². The smallest absolute Gasteiger partial charge is 0.224 e. The van der Waals surface area contributed by atoms with Crippen LogP contribution in [-0.2, 0) is 22.5 Å². The highest BCUT2D eigenvalue weighted by Crippen LogP contribution is 2.27. The first-order valence-electron chi connectivity index (χ1n) is 12.0. The molecule has 0 aliphatic heterocycles. The monoisotopic (exact) mass is 496 g/mol. The van der Waals surface area contributed by atoms with Crippen molar-refractivity contribution in [3.05, 3.63) is 29.3 Å². The number of hydrogen-bond donors (Lipinski definition) is 2. The topological polar surface area (TPSA) is 93.7 Å². The fourth-order valence-electron chi connectivity index (χ4n) is 4.32. The molecule has 0 bridgehead atoms. The van der Waals surface area contributed by atoms with Gasteiger partial charge in [0.25, 0.3) is 0 Å². The van der Waals surface area contributed by atoms with Crippen molar-refractivity contribution < 1.29 is 18.3 Å². The molecule has 2 atom stereocenters. The Bertz CT molecular complexity index is 800. The lowest BCUT2D eigenvalue weighted by Crippen LogP contribution is -2.50. The van der Waals surface area contributed by atoms with Gasteiger partial charge in [-0.15, -0.1) is 0 Å². The third kappa shape index (κ3) is 9.31. The van der Waals surface area contributed by atoms with Crippen LogP contribution in [0.4, 0.5) is 0 Å². The van der Waals surface area contributed by atoms with Gasteiger partial charge in [0.05, 0.1) is 19.1 Å². The van der Waals surface area contributed by atoms with Gasteiger partial charge < -0.3 is 14.6 Å². The number of thiocarbonyl (C=S) groups is 1. The van der Waals surface area contributed by atoms with Crippen LogP contribution in [0.5, 0.6) is 5.75 Å². The minimum absolute atomic E-state index is 0.00521. The minimum atomic E-state index is -2.49. The van der Waals surface area contributed by atoms with Crippen molar-refractivity contribution in [1.29, 1.82) is 0 Å². The lowest BCUT2D eigenvalue weighted by molar-refractivity contribution is -0.121. The Morgan fingerprint density at radius 1 is 1.27 bits per heavy atom. The van der Waals surface area contributed by atoms with Crippen LogP contribution in [0.3, 0.4) is 0 Å². The zero-order valence-electron chi connectivity index (χ0n) is 20.1. The molecular weight excluding hydrogens is 458 g/mol. The van der Waals surface area contributed by atoms with Crippen molar-refractivity contribution >= 4 is 34.4 Å². The van der Waals surface area contributed by atoms with E-state index >= 15 is 0 Å². The number of carbonyl (C=O) groups excluding carboxylic acids is 1. The number of carbonyl (C=O) groups is 1. The van der Waals surface area contributed by atoms with Gasteiger partial charge in [-0.05, 0) is 43.9 Å². The van der Waals surface area contributed by atoms with E-state index in [0.29, 0.717) is 16.3 Å². The van der Waals surface area contributed by atoms with Crippen LogP contribution in [0.25, 0.3) is 0 Å². The summed E-state index contributed by atoms with van der Waals surface area (Å²) in [5.74, 6) is 0.510. The summed E-state index contributed by atoms with van der Waals surface area (Å²) in [6.45, 7) is 4.22. The maximum absolute atomic E-state index is 12.6. The number of amides is 1. The molecule has 2 rings (SSSR count). The van der Waals surface area contributed by atoms with E-state index < -0.39 is 11.3 Å². The fourth-order valence-corrected chi connectivity index (χ4v) is 5.14. The predicted molar refractivity (Wildman–Crippen MR) is 136 cm³/mol. The van der Waals surface area contributed by atoms with E-state index in [0.717, 1.165) is 50.5 Å². The largest absolute Gasteiger partial charge is 0.759 e. The number of nitrogens with zero attached hydrogens (tertiary/aromatic N) is 1. The Morgan fingerprint density at radius 2 is 2.00 bits per heavy atom. The normalized spacial score (nSPS) is 16.1. The first-order valence-corrected chi connectivity index (χ1v) is 13.5. The van der Waals surface area contributed by atoms with Gasteiger partial charge >= 0.3 is 0 Å². The zero-order valence-corrected chi connectivity index (χ0v) is 21.7. The van der Waals surface area contributed by atoms with Crippen molar-refractivity contribution in [1.82, 2.24) is 15.2 Å². The van der Waals surface area contributed by atoms with Crippen LogP contribution in [0, 0.1) is 0 Å². The average Bonchev–Trinajstić information content (AvgIpc) is 2.80. The highest BCUT2D eigenvalue weighted by atomic mass is 32.2. The number of hydrogen-bond acceptors (Lipinski definition) is 5. The maximum atomic E-state index is 12.6. The molecule has 0 aromatic heterocycles. The molecular formula is C24H38N3O4S2-. The second-order valence-corrected chi connectivity index (χ2v) is 9.86. The van der Waals surface area contributed by atoms with Crippen molar-refractivity contribution in [2.24, 2.45) is 0 Å². The van der Waals surface area contributed by atoms with Gasteiger partial charge in [0.15, 0.2) is 0 Å². The summed E-state index contributed by atoms with van der Waals surface area (Å²) in [6, 6.07) is 5.59. The number of ether oxygens (including phenoxy) is 1. The summed E-state index contributed by atoms with van der Waals surface area (Å²) in [6.07, 6.45) is 10.9. The summed E-state index contributed by atoms with van der Waals surface area (Å²) >= 11 is 3.22. The quantitative estimate of drug-likeness (QED) is 0.183. The summed E-state index contributed by atoms with van der Waals surface area (Å²) in [5, 5.41) is 4.64. The molecule has 7 nitrogen and oxygen atoms in total. The third-order valence-corrected chi connectivity index (χ3v) is 6.85. The van der Waals surface area contributed by atoms with Gasteiger partial charge in [0.1, 0.15) is 10.7 Å². The highest BCUT2D eigenvalue weighted by molar-refractivity contribution is 7.81. The Hall–Kier alpha value is -1.55. The average molecular weight is 497 g/mol. The molecule has 1 saturated carbocycles. The lowest BCUT2D eigenvalue weighted by Gasteiger charge is -2.37. The van der Waals surface area contributed by atoms with E-state index in [4.69, 9.17) is 17.0 Å². The van der Waals surface area contributed by atoms with Crippen LogP contribution in [0.1, 0.15) is 89.2 Å². The molecule has 0 heterocycles. The first-order chi connectivity index (χ1) is 15.8. The summed E-state index contributed by atoms with van der Waals surface area (Å²) in [5.41, 5.74) is 1.41. The first kappa shape index (κ1) is 27.7. The number of rotatable bonds is 13. The van der Waals surface area contributed by atoms with E-state index in [1.165, 1.54) is 19.3 Å². The van der Waals surface area contributed by atoms with Gasteiger partial charge in [0.2, 0.25) is 5.91 Å². The molecule has 0 spiro atoms. The van der Waals surface area contributed by atoms with Crippen molar-refractivity contribution in [2.45, 2.75) is 96.6 Å². The number of benzene rings is 1. The number of unbranched alkanes of at least 4 members (excludes halogenated alkanes) is 3. The molecule has 0 saturated heterocycles. The number of nitrogens with one attached hydrogen (secondary N) is 2. The predicted octanol–water partition coefficient (Wildman–Crippen LogP) is 4.32. The van der Waals surface area contributed by atoms with Gasteiger partial charge in [-0.1, -0.05) is 70.2 Å². The third-order valence-electron chi connectivity index (χ3n) is 6.09. The molecule has 0 radical (unpaired) electrons. The minimum Gasteiger partial charge on any atom is -0.759 e. The van der Waals surface area contributed by atoms with Gasteiger partial charge in [-0.2, -0.15) is 4.83 Å². The van der Waals surface area contributed by atoms with Crippen LogP contribution in [-0.4, -0.2) is 43.9 Å². The molecule has 1 aliphatic rings. The number of hydrazine groups is 1. The Balaban J connectivity index is 2.11. The van der Waals surface area contributed by atoms with Crippen LogP contribution >= 0.6 is 12.2 Å². The molecule has 1 fully saturated rings. The summed E-state index contributed by atoms with van der Waals surface area (Å²) < 4.78 is 28.4. The summed E-state index contributed by atoms with van der Waals surface area (Å²) in [4.78, 5) is 15.4. The highest BCUT2D eigenvalue weighted by Gasteiger charge is 2.26. The molecule has 9 heteroatoms. The molecule has 186 valence electrons. The van der Waals surface area contributed by atoms with Crippen molar-refractivity contribution in [3.8, 4) is 5.75 Å². The molecule has 2 N–H and O–H groups in total. The van der Waals surface area contributed by atoms with Crippen LogP contribution < -0.4 is 14.9 Å². The zero-order chi connectivity index (χ0) is 24.2.